The zero-order valence-electron chi connectivity index (χ0n) is 10.5. The fourth-order valence-electron chi connectivity index (χ4n) is 2.66. The molecule has 3 nitrogen and oxygen atoms in total. The molecule has 4 heteroatoms. The molecule has 3 rings (SSSR count). The molecule has 0 atom stereocenters. The van der Waals surface area contributed by atoms with Crippen LogP contribution in [0.4, 0.5) is 5.69 Å². The van der Waals surface area contributed by atoms with Crippen molar-refractivity contribution >= 4 is 38.4 Å². The first kappa shape index (κ1) is 12.6. The maximum Gasteiger partial charge on any atom is 0.227 e. The first-order chi connectivity index (χ1) is 9.24. The van der Waals surface area contributed by atoms with Crippen LogP contribution in [0.5, 0.6) is 0 Å². The van der Waals surface area contributed by atoms with Crippen molar-refractivity contribution in [1.82, 2.24) is 4.98 Å². The molecule has 0 bridgehead atoms. The van der Waals surface area contributed by atoms with Crippen LogP contribution >= 0.6 is 15.9 Å². The van der Waals surface area contributed by atoms with Gasteiger partial charge in [0.15, 0.2) is 0 Å². The van der Waals surface area contributed by atoms with Gasteiger partial charge in [-0.1, -0.05) is 25.0 Å². The quantitative estimate of drug-likeness (QED) is 0.904. The second kappa shape index (κ2) is 5.29. The van der Waals surface area contributed by atoms with Gasteiger partial charge >= 0.3 is 0 Å². The minimum absolute atomic E-state index is 0.134. The van der Waals surface area contributed by atoms with Crippen molar-refractivity contribution < 1.29 is 4.79 Å². The smallest absolute Gasteiger partial charge is 0.227 e. The van der Waals surface area contributed by atoms with Crippen LogP contribution in [0.25, 0.3) is 10.9 Å². The van der Waals surface area contributed by atoms with Crippen molar-refractivity contribution in [2.45, 2.75) is 25.7 Å². The molecule has 2 aromatic rings. The summed E-state index contributed by atoms with van der Waals surface area (Å²) in [5.41, 5.74) is 1.65. The van der Waals surface area contributed by atoms with Crippen LogP contribution in [0.3, 0.4) is 0 Å². The Labute approximate surface area is 120 Å². The average molecular weight is 319 g/mol. The molecule has 19 heavy (non-hydrogen) atoms. The summed E-state index contributed by atoms with van der Waals surface area (Å²) in [4.78, 5) is 16.6. The SMILES string of the molecule is O=C(Nc1cccc2cc(Br)cnc12)C1CCCC1. The van der Waals surface area contributed by atoms with Gasteiger partial charge in [0.2, 0.25) is 5.91 Å². The number of para-hydroxylation sites is 1. The normalized spacial score (nSPS) is 15.8. The molecular weight excluding hydrogens is 304 g/mol. The van der Waals surface area contributed by atoms with Crippen molar-refractivity contribution in [2.24, 2.45) is 5.92 Å². The molecule has 1 aromatic heterocycles. The highest BCUT2D eigenvalue weighted by Gasteiger charge is 2.23. The Kier molecular flexibility index (Phi) is 3.51. The number of amides is 1. The Morgan fingerprint density at radius 2 is 2.11 bits per heavy atom. The number of fused-ring (bicyclic) bond motifs is 1. The maximum atomic E-state index is 12.2. The van der Waals surface area contributed by atoms with Gasteiger partial charge in [-0.05, 0) is 40.9 Å². The van der Waals surface area contributed by atoms with Crippen LogP contribution in [0.2, 0.25) is 0 Å². The number of hydrogen-bond donors (Lipinski definition) is 1. The second-order valence-electron chi connectivity index (χ2n) is 5.00. The molecule has 1 aliphatic carbocycles. The van der Waals surface area contributed by atoms with E-state index in [1.807, 2.05) is 24.3 Å². The zero-order valence-corrected chi connectivity index (χ0v) is 12.1. The summed E-state index contributed by atoms with van der Waals surface area (Å²) in [6.45, 7) is 0. The van der Waals surface area contributed by atoms with Crippen LogP contribution in [-0.4, -0.2) is 10.9 Å². The van der Waals surface area contributed by atoms with E-state index in [9.17, 15) is 4.79 Å². The topological polar surface area (TPSA) is 42.0 Å². The number of nitrogens with one attached hydrogen (secondary N) is 1. The van der Waals surface area contributed by atoms with E-state index in [0.29, 0.717) is 0 Å². The number of carbonyl (C=O) groups is 1. The van der Waals surface area contributed by atoms with Crippen LogP contribution < -0.4 is 5.32 Å². The number of carbonyl (C=O) groups excluding carboxylic acids is 1. The van der Waals surface area contributed by atoms with Gasteiger partial charge in [-0.15, -0.1) is 0 Å². The summed E-state index contributed by atoms with van der Waals surface area (Å²) in [6.07, 6.45) is 6.11. The number of nitrogens with zero attached hydrogens (tertiary/aromatic N) is 1. The molecule has 1 aliphatic rings. The number of halogens is 1. The van der Waals surface area contributed by atoms with E-state index in [0.717, 1.165) is 33.9 Å². The Bertz CT molecular complexity index is 621. The summed E-state index contributed by atoms with van der Waals surface area (Å²) in [6, 6.07) is 7.86. The van der Waals surface area contributed by atoms with Gasteiger partial charge in [-0.25, -0.2) is 0 Å². The molecule has 98 valence electrons. The fraction of sp³-hybridized carbons (Fsp3) is 0.333. The maximum absolute atomic E-state index is 12.2. The molecule has 1 aromatic carbocycles. The van der Waals surface area contributed by atoms with Gasteiger partial charge in [-0.2, -0.15) is 0 Å². The van der Waals surface area contributed by atoms with Crippen LogP contribution in [0.15, 0.2) is 34.9 Å². The third-order valence-electron chi connectivity index (χ3n) is 3.66. The molecule has 0 aliphatic heterocycles. The lowest BCUT2D eigenvalue weighted by atomic mass is 10.1. The summed E-state index contributed by atoms with van der Waals surface area (Å²) in [7, 11) is 0. The molecule has 1 heterocycles. The minimum Gasteiger partial charge on any atom is -0.324 e. The first-order valence-electron chi connectivity index (χ1n) is 6.59. The third kappa shape index (κ3) is 2.63. The number of rotatable bonds is 2. The lowest BCUT2D eigenvalue weighted by Crippen LogP contribution is -2.20. The first-order valence-corrected chi connectivity index (χ1v) is 7.38. The highest BCUT2D eigenvalue weighted by molar-refractivity contribution is 9.10. The van der Waals surface area contributed by atoms with E-state index < -0.39 is 0 Å². The molecule has 0 radical (unpaired) electrons. The minimum atomic E-state index is 0.134. The molecule has 1 N–H and O–H groups in total. The number of aromatic nitrogens is 1. The summed E-state index contributed by atoms with van der Waals surface area (Å²) in [5.74, 6) is 0.306. The van der Waals surface area contributed by atoms with E-state index in [1.54, 1.807) is 6.20 Å². The van der Waals surface area contributed by atoms with Crippen molar-refractivity contribution in [3.05, 3.63) is 34.9 Å². The molecule has 1 saturated carbocycles. The number of anilines is 1. The summed E-state index contributed by atoms with van der Waals surface area (Å²) in [5, 5.41) is 4.06. The Hall–Kier alpha value is -1.42. The van der Waals surface area contributed by atoms with E-state index in [2.05, 4.69) is 26.2 Å². The van der Waals surface area contributed by atoms with Gasteiger partial charge < -0.3 is 5.32 Å². The standard InChI is InChI=1S/C15H15BrN2O/c16-12-8-11-6-3-7-13(14(11)17-9-12)18-15(19)10-4-1-2-5-10/h3,6-10H,1-2,4-5H2,(H,18,19). The Morgan fingerprint density at radius 3 is 2.89 bits per heavy atom. The van der Waals surface area contributed by atoms with Crippen LogP contribution in [-0.2, 0) is 4.79 Å². The van der Waals surface area contributed by atoms with Crippen molar-refractivity contribution in [2.75, 3.05) is 5.32 Å². The Morgan fingerprint density at radius 1 is 1.32 bits per heavy atom. The van der Waals surface area contributed by atoms with Gasteiger partial charge in [0.05, 0.1) is 11.2 Å². The predicted octanol–water partition coefficient (Wildman–Crippen LogP) is 4.13. The lowest BCUT2D eigenvalue weighted by Gasteiger charge is -2.12. The van der Waals surface area contributed by atoms with E-state index in [-0.39, 0.29) is 11.8 Å². The fourth-order valence-corrected chi connectivity index (χ4v) is 3.01. The highest BCUT2D eigenvalue weighted by Crippen LogP contribution is 2.28. The number of pyridine rings is 1. The van der Waals surface area contributed by atoms with Crippen LogP contribution in [0.1, 0.15) is 25.7 Å². The van der Waals surface area contributed by atoms with Gasteiger partial charge in [-0.3, -0.25) is 9.78 Å². The van der Waals surface area contributed by atoms with E-state index in [4.69, 9.17) is 0 Å². The van der Waals surface area contributed by atoms with Gasteiger partial charge in [0, 0.05) is 22.0 Å². The summed E-state index contributed by atoms with van der Waals surface area (Å²) >= 11 is 3.41. The molecule has 1 amide bonds. The molecule has 0 unspecified atom stereocenters. The zero-order chi connectivity index (χ0) is 13.2. The predicted molar refractivity (Wildman–Crippen MR) is 80.0 cm³/mol. The average Bonchev–Trinajstić information content (AvgIpc) is 2.92. The van der Waals surface area contributed by atoms with Crippen molar-refractivity contribution in [3.63, 3.8) is 0 Å². The van der Waals surface area contributed by atoms with E-state index >= 15 is 0 Å². The monoisotopic (exact) mass is 318 g/mol. The summed E-state index contributed by atoms with van der Waals surface area (Å²) < 4.78 is 0.944. The highest BCUT2D eigenvalue weighted by atomic mass is 79.9. The van der Waals surface area contributed by atoms with Gasteiger partial charge in [0.25, 0.3) is 0 Å². The van der Waals surface area contributed by atoms with Gasteiger partial charge in [0.1, 0.15) is 0 Å². The van der Waals surface area contributed by atoms with Crippen molar-refractivity contribution in [1.29, 1.82) is 0 Å². The molecule has 0 saturated heterocycles. The molecular formula is C15H15BrN2O. The third-order valence-corrected chi connectivity index (χ3v) is 4.10. The molecule has 0 spiro atoms. The second-order valence-corrected chi connectivity index (χ2v) is 5.92. The number of benzene rings is 1. The number of hydrogen-bond acceptors (Lipinski definition) is 2. The largest absolute Gasteiger partial charge is 0.324 e. The molecule has 1 fully saturated rings. The Balaban J connectivity index is 1.90. The lowest BCUT2D eigenvalue weighted by molar-refractivity contribution is -0.119. The van der Waals surface area contributed by atoms with Crippen molar-refractivity contribution in [3.8, 4) is 0 Å². The van der Waals surface area contributed by atoms with E-state index in [1.165, 1.54) is 12.8 Å². The van der Waals surface area contributed by atoms with Crippen LogP contribution in [0, 0.1) is 5.92 Å².